The van der Waals surface area contributed by atoms with Gasteiger partial charge in [0.1, 0.15) is 0 Å². The van der Waals surface area contributed by atoms with Gasteiger partial charge in [-0.05, 0) is 18.3 Å². The number of carbonyl (C=O) groups excluding carboxylic acids is 1. The van der Waals surface area contributed by atoms with Crippen molar-refractivity contribution < 1.29 is 14.3 Å². The van der Waals surface area contributed by atoms with Gasteiger partial charge in [-0.1, -0.05) is 20.8 Å². The molecule has 0 aliphatic carbocycles. The lowest BCUT2D eigenvalue weighted by molar-refractivity contribution is -0.137. The Bertz CT molecular complexity index is 287. The summed E-state index contributed by atoms with van der Waals surface area (Å²) >= 11 is 0. The minimum Gasteiger partial charge on any atom is -0.382 e. The molecule has 0 bridgehead atoms. The van der Waals surface area contributed by atoms with Gasteiger partial charge in [-0.15, -0.1) is 12.4 Å². The number of ether oxygens (including phenoxy) is 2. The zero-order valence-electron chi connectivity index (χ0n) is 13.1. The van der Waals surface area contributed by atoms with Crippen molar-refractivity contribution in [2.24, 2.45) is 11.1 Å². The smallest absolute Gasteiger partial charge is 0.240 e. The summed E-state index contributed by atoms with van der Waals surface area (Å²) in [6.45, 7) is 8.70. The number of halogens is 1. The number of hydrogen-bond acceptors (Lipinski definition) is 4. The number of nitrogens with two attached hydrogens (primary N) is 1. The second kappa shape index (κ2) is 8.82. The Kier molecular flexibility index (Phi) is 8.66. The summed E-state index contributed by atoms with van der Waals surface area (Å²) < 4.78 is 10.6. The van der Waals surface area contributed by atoms with Crippen LogP contribution < -0.4 is 5.73 Å². The quantitative estimate of drug-likeness (QED) is 0.781. The number of methoxy groups -OCH3 is 1. The van der Waals surface area contributed by atoms with Gasteiger partial charge in [0, 0.05) is 20.2 Å². The third kappa shape index (κ3) is 5.95. The van der Waals surface area contributed by atoms with Crippen molar-refractivity contribution in [3.63, 3.8) is 0 Å². The maximum absolute atomic E-state index is 12.3. The Balaban J connectivity index is 0.00000361. The zero-order valence-corrected chi connectivity index (χ0v) is 13.9. The topological polar surface area (TPSA) is 64.8 Å². The fourth-order valence-corrected chi connectivity index (χ4v) is 2.11. The molecule has 1 atom stereocenters. The zero-order chi connectivity index (χ0) is 14.5. The monoisotopic (exact) mass is 308 g/mol. The third-order valence-corrected chi connectivity index (χ3v) is 3.59. The molecule has 0 saturated carbocycles. The summed E-state index contributed by atoms with van der Waals surface area (Å²) in [5.41, 5.74) is 5.83. The molecule has 0 aromatic rings. The van der Waals surface area contributed by atoms with Crippen molar-refractivity contribution in [3.05, 3.63) is 0 Å². The lowest BCUT2D eigenvalue weighted by Gasteiger charge is -2.36. The van der Waals surface area contributed by atoms with Crippen LogP contribution in [0.4, 0.5) is 0 Å². The predicted octanol–water partition coefficient (Wildman–Crippen LogP) is 1.44. The largest absolute Gasteiger partial charge is 0.382 e. The van der Waals surface area contributed by atoms with Crippen LogP contribution in [-0.2, 0) is 14.3 Å². The number of carbonyl (C=O) groups is 1. The van der Waals surface area contributed by atoms with Crippen molar-refractivity contribution in [2.75, 3.05) is 33.4 Å². The van der Waals surface area contributed by atoms with E-state index in [4.69, 9.17) is 15.2 Å². The molecule has 1 heterocycles. The average Bonchev–Trinajstić information content (AvgIpc) is 2.37. The number of amides is 1. The first-order valence-electron chi connectivity index (χ1n) is 7.01. The number of rotatable bonds is 5. The van der Waals surface area contributed by atoms with E-state index in [1.807, 2.05) is 25.7 Å². The van der Waals surface area contributed by atoms with Crippen LogP contribution in [0.25, 0.3) is 0 Å². The van der Waals surface area contributed by atoms with Crippen molar-refractivity contribution in [3.8, 4) is 0 Å². The summed E-state index contributed by atoms with van der Waals surface area (Å²) in [6, 6.07) is -0.432. The van der Waals surface area contributed by atoms with Crippen molar-refractivity contribution in [1.29, 1.82) is 0 Å². The lowest BCUT2D eigenvalue weighted by Crippen LogP contribution is -2.53. The summed E-state index contributed by atoms with van der Waals surface area (Å²) in [7, 11) is 1.67. The molecule has 1 aliphatic heterocycles. The molecule has 1 saturated heterocycles. The fraction of sp³-hybridized carbons (Fsp3) is 0.929. The second-order valence-electron chi connectivity index (χ2n) is 6.23. The molecule has 0 unspecified atom stereocenters. The number of nitrogens with zero attached hydrogens (tertiary/aromatic N) is 1. The molecule has 120 valence electrons. The average molecular weight is 309 g/mol. The van der Waals surface area contributed by atoms with E-state index >= 15 is 0 Å². The van der Waals surface area contributed by atoms with Gasteiger partial charge in [0.05, 0.1) is 25.4 Å². The first-order valence-corrected chi connectivity index (χ1v) is 7.01. The maximum Gasteiger partial charge on any atom is 0.240 e. The molecule has 5 nitrogen and oxygen atoms in total. The Morgan fingerprint density at radius 3 is 2.30 bits per heavy atom. The van der Waals surface area contributed by atoms with E-state index in [1.165, 1.54) is 0 Å². The van der Waals surface area contributed by atoms with Gasteiger partial charge in [-0.25, -0.2) is 0 Å². The maximum atomic E-state index is 12.3. The molecular weight excluding hydrogens is 280 g/mol. The molecule has 20 heavy (non-hydrogen) atoms. The fourth-order valence-electron chi connectivity index (χ4n) is 2.11. The molecule has 0 spiro atoms. The molecule has 1 amide bonds. The van der Waals surface area contributed by atoms with E-state index in [0.717, 1.165) is 25.9 Å². The van der Waals surface area contributed by atoms with E-state index < -0.39 is 6.04 Å². The molecule has 0 radical (unpaired) electrons. The van der Waals surface area contributed by atoms with Gasteiger partial charge in [-0.2, -0.15) is 0 Å². The van der Waals surface area contributed by atoms with Crippen LogP contribution in [0.2, 0.25) is 0 Å². The van der Waals surface area contributed by atoms with Crippen LogP contribution >= 0.6 is 12.4 Å². The molecule has 2 N–H and O–H groups in total. The van der Waals surface area contributed by atoms with Gasteiger partial charge in [0.15, 0.2) is 0 Å². The van der Waals surface area contributed by atoms with Crippen LogP contribution in [0.5, 0.6) is 0 Å². The Hall–Kier alpha value is -0.360. The van der Waals surface area contributed by atoms with Gasteiger partial charge < -0.3 is 20.1 Å². The molecule has 0 aromatic carbocycles. The molecule has 0 aromatic heterocycles. The summed E-state index contributed by atoms with van der Waals surface area (Å²) in [5.74, 6) is 0.0582. The Morgan fingerprint density at radius 2 is 1.85 bits per heavy atom. The summed E-state index contributed by atoms with van der Waals surface area (Å²) in [4.78, 5) is 14.1. The van der Waals surface area contributed by atoms with Crippen LogP contribution in [0.3, 0.4) is 0 Å². The highest BCUT2D eigenvalue weighted by atomic mass is 35.5. The first-order chi connectivity index (χ1) is 8.86. The third-order valence-electron chi connectivity index (χ3n) is 3.59. The Morgan fingerprint density at radius 1 is 1.30 bits per heavy atom. The number of hydrogen-bond donors (Lipinski definition) is 1. The lowest BCUT2D eigenvalue weighted by atomic mass is 9.86. The van der Waals surface area contributed by atoms with Gasteiger partial charge in [-0.3, -0.25) is 4.79 Å². The predicted molar refractivity (Wildman–Crippen MR) is 82.1 cm³/mol. The van der Waals surface area contributed by atoms with E-state index in [1.54, 1.807) is 7.11 Å². The SMILES string of the molecule is COCCOC1CCN(C(=O)[C@@H](N)C(C)(C)C)CC1.Cl. The Labute approximate surface area is 128 Å². The van der Waals surface area contributed by atoms with Crippen LogP contribution in [0.15, 0.2) is 0 Å². The minimum atomic E-state index is -0.432. The van der Waals surface area contributed by atoms with E-state index in [9.17, 15) is 4.79 Å². The second-order valence-corrected chi connectivity index (χ2v) is 6.23. The van der Waals surface area contributed by atoms with Gasteiger partial charge in [0.2, 0.25) is 5.91 Å². The summed E-state index contributed by atoms with van der Waals surface area (Å²) in [6.07, 6.45) is 2.00. The molecule has 1 fully saturated rings. The van der Waals surface area contributed by atoms with Crippen molar-refractivity contribution in [1.82, 2.24) is 4.90 Å². The number of piperidine rings is 1. The highest BCUT2D eigenvalue weighted by Gasteiger charge is 2.32. The van der Waals surface area contributed by atoms with E-state index in [2.05, 4.69) is 0 Å². The highest BCUT2D eigenvalue weighted by molar-refractivity contribution is 5.85. The minimum absolute atomic E-state index is 0. The molecule has 1 rings (SSSR count). The van der Waals surface area contributed by atoms with Crippen LogP contribution in [0.1, 0.15) is 33.6 Å². The highest BCUT2D eigenvalue weighted by Crippen LogP contribution is 2.21. The number of likely N-dealkylation sites (tertiary alicyclic amines) is 1. The molecule has 6 heteroatoms. The standard InChI is InChI=1S/C14H28N2O3.ClH/c1-14(2,3)12(15)13(17)16-7-5-11(6-8-16)19-10-9-18-4;/h11-12H,5-10,15H2,1-4H3;1H/t12-;/m1./s1. The van der Waals surface area contributed by atoms with E-state index in [0.29, 0.717) is 13.2 Å². The van der Waals surface area contributed by atoms with Crippen molar-refractivity contribution in [2.45, 2.75) is 45.8 Å². The van der Waals surface area contributed by atoms with Gasteiger partial charge in [0.25, 0.3) is 0 Å². The van der Waals surface area contributed by atoms with Gasteiger partial charge >= 0.3 is 0 Å². The van der Waals surface area contributed by atoms with E-state index in [-0.39, 0.29) is 29.8 Å². The normalized spacial score (nSPS) is 18.6. The molecular formula is C14H29ClN2O3. The van der Waals surface area contributed by atoms with Crippen molar-refractivity contribution >= 4 is 18.3 Å². The van der Waals surface area contributed by atoms with Crippen LogP contribution in [0, 0.1) is 5.41 Å². The summed E-state index contributed by atoms with van der Waals surface area (Å²) in [5, 5.41) is 0. The van der Waals surface area contributed by atoms with Crippen LogP contribution in [-0.4, -0.2) is 56.4 Å². The molecule has 1 aliphatic rings. The first kappa shape index (κ1) is 19.6.